The van der Waals surface area contributed by atoms with E-state index in [-0.39, 0.29) is 6.42 Å². The molecule has 1 aromatic carbocycles. The summed E-state index contributed by atoms with van der Waals surface area (Å²) in [6.45, 7) is 0. The second-order valence-corrected chi connectivity index (χ2v) is 4.22. The normalized spacial score (nSPS) is 11.1. The Morgan fingerprint density at radius 3 is 2.94 bits per heavy atom. The van der Waals surface area contributed by atoms with E-state index < -0.39 is 11.9 Å². The Balaban J connectivity index is 2.89. The van der Waals surface area contributed by atoms with Crippen LogP contribution in [0, 0.1) is 23.7 Å². The molecule has 0 radical (unpaired) electrons. The predicted octanol–water partition coefficient (Wildman–Crippen LogP) is 1.61. The summed E-state index contributed by atoms with van der Waals surface area (Å²) < 4.78 is 0.761. The number of terminal acetylenes is 1. The van der Waals surface area contributed by atoms with Crippen molar-refractivity contribution in [2.75, 3.05) is 5.32 Å². The lowest BCUT2D eigenvalue weighted by molar-refractivity contribution is -0.117. The number of halogens is 1. The minimum absolute atomic E-state index is 0.154. The molecule has 1 unspecified atom stereocenters. The van der Waals surface area contributed by atoms with Crippen LogP contribution in [-0.4, -0.2) is 11.9 Å². The molecule has 3 N–H and O–H groups in total. The van der Waals surface area contributed by atoms with Crippen LogP contribution in [0.5, 0.6) is 0 Å². The number of carbonyl (C=O) groups excluding carboxylic acids is 1. The summed E-state index contributed by atoms with van der Waals surface area (Å²) in [6.07, 6.45) is 5.23. The van der Waals surface area contributed by atoms with Crippen molar-refractivity contribution in [3.05, 3.63) is 28.2 Å². The molecule has 0 aliphatic rings. The first-order chi connectivity index (χ1) is 8.08. The molecule has 17 heavy (non-hydrogen) atoms. The molecule has 0 saturated carbocycles. The molecule has 4 nitrogen and oxygen atoms in total. The summed E-state index contributed by atoms with van der Waals surface area (Å²) in [6, 6.07) is 6.17. The van der Waals surface area contributed by atoms with Crippen LogP contribution in [0.15, 0.2) is 22.7 Å². The van der Waals surface area contributed by atoms with E-state index in [9.17, 15) is 4.79 Å². The highest BCUT2D eigenvalue weighted by atomic mass is 79.9. The largest absolute Gasteiger partial charge is 0.323 e. The lowest BCUT2D eigenvalue weighted by Gasteiger charge is -2.11. The van der Waals surface area contributed by atoms with E-state index in [2.05, 4.69) is 27.2 Å². The zero-order valence-electron chi connectivity index (χ0n) is 8.90. The van der Waals surface area contributed by atoms with Gasteiger partial charge in [-0.05, 0) is 18.2 Å². The minimum Gasteiger partial charge on any atom is -0.323 e. The average molecular weight is 292 g/mol. The molecule has 0 aromatic heterocycles. The van der Waals surface area contributed by atoms with Gasteiger partial charge >= 0.3 is 0 Å². The fraction of sp³-hybridized carbons (Fsp3) is 0.167. The Morgan fingerprint density at radius 2 is 2.35 bits per heavy atom. The molecule has 5 heteroatoms. The van der Waals surface area contributed by atoms with Crippen LogP contribution in [0.25, 0.3) is 0 Å². The molecule has 0 aliphatic heterocycles. The van der Waals surface area contributed by atoms with E-state index in [0.717, 1.165) is 4.47 Å². The number of anilines is 1. The zero-order chi connectivity index (χ0) is 12.8. The third-order valence-electron chi connectivity index (χ3n) is 2.03. The van der Waals surface area contributed by atoms with Crippen molar-refractivity contribution in [3.8, 4) is 18.4 Å². The molecule has 0 bridgehead atoms. The van der Waals surface area contributed by atoms with Gasteiger partial charge in [0.25, 0.3) is 0 Å². The zero-order valence-corrected chi connectivity index (χ0v) is 10.5. The highest BCUT2D eigenvalue weighted by Crippen LogP contribution is 2.20. The van der Waals surface area contributed by atoms with E-state index in [1.54, 1.807) is 18.2 Å². The van der Waals surface area contributed by atoms with Gasteiger partial charge in [-0.3, -0.25) is 4.79 Å². The van der Waals surface area contributed by atoms with Crippen molar-refractivity contribution >= 4 is 27.5 Å². The summed E-state index contributed by atoms with van der Waals surface area (Å²) in [7, 11) is 0. The number of hydrogen-bond donors (Lipinski definition) is 2. The second-order valence-electron chi connectivity index (χ2n) is 3.31. The fourth-order valence-electron chi connectivity index (χ4n) is 1.16. The maximum absolute atomic E-state index is 11.6. The van der Waals surface area contributed by atoms with Gasteiger partial charge in [-0.25, -0.2) is 0 Å². The average Bonchev–Trinajstić information content (AvgIpc) is 2.29. The molecule has 0 heterocycles. The number of amides is 1. The Bertz CT molecular complexity index is 513. The van der Waals surface area contributed by atoms with Crippen molar-refractivity contribution in [2.24, 2.45) is 5.73 Å². The number of nitriles is 1. The van der Waals surface area contributed by atoms with Crippen LogP contribution in [-0.2, 0) is 4.79 Å². The topological polar surface area (TPSA) is 78.9 Å². The first-order valence-electron chi connectivity index (χ1n) is 4.78. The van der Waals surface area contributed by atoms with Crippen LogP contribution < -0.4 is 11.1 Å². The van der Waals surface area contributed by atoms with Crippen LogP contribution in [0.3, 0.4) is 0 Å². The lowest BCUT2D eigenvalue weighted by Crippen LogP contribution is -2.35. The van der Waals surface area contributed by atoms with E-state index in [0.29, 0.717) is 11.3 Å². The van der Waals surface area contributed by atoms with E-state index in [1.807, 2.05) is 6.07 Å². The van der Waals surface area contributed by atoms with Crippen molar-refractivity contribution < 1.29 is 4.79 Å². The van der Waals surface area contributed by atoms with Crippen LogP contribution in [0.2, 0.25) is 0 Å². The molecule has 0 spiro atoms. The van der Waals surface area contributed by atoms with E-state index >= 15 is 0 Å². The molecule has 0 fully saturated rings. The Morgan fingerprint density at radius 1 is 1.65 bits per heavy atom. The Hall–Kier alpha value is -1.82. The highest BCUT2D eigenvalue weighted by Gasteiger charge is 2.14. The predicted molar refractivity (Wildman–Crippen MR) is 68.9 cm³/mol. The van der Waals surface area contributed by atoms with Crippen molar-refractivity contribution in [1.29, 1.82) is 5.26 Å². The summed E-state index contributed by atoms with van der Waals surface area (Å²) >= 11 is 3.26. The molecular formula is C12H10BrN3O. The monoisotopic (exact) mass is 291 g/mol. The lowest BCUT2D eigenvalue weighted by atomic mass is 10.1. The van der Waals surface area contributed by atoms with Crippen LogP contribution in [0.4, 0.5) is 5.69 Å². The number of benzene rings is 1. The Labute approximate surface area is 108 Å². The smallest absolute Gasteiger partial charge is 0.242 e. The van der Waals surface area contributed by atoms with Gasteiger partial charge in [-0.2, -0.15) is 5.26 Å². The highest BCUT2D eigenvalue weighted by molar-refractivity contribution is 9.10. The van der Waals surface area contributed by atoms with Gasteiger partial charge in [0.05, 0.1) is 17.3 Å². The third kappa shape index (κ3) is 3.60. The first-order valence-corrected chi connectivity index (χ1v) is 5.57. The second kappa shape index (κ2) is 6.05. The van der Waals surface area contributed by atoms with Crippen molar-refractivity contribution in [2.45, 2.75) is 12.5 Å². The summed E-state index contributed by atoms with van der Waals surface area (Å²) in [5.74, 6) is 1.91. The van der Waals surface area contributed by atoms with Crippen LogP contribution >= 0.6 is 15.9 Å². The summed E-state index contributed by atoms with van der Waals surface area (Å²) in [5.41, 5.74) is 6.34. The molecule has 1 amide bonds. The minimum atomic E-state index is -0.773. The maximum Gasteiger partial charge on any atom is 0.242 e. The number of nitrogens with zero attached hydrogens (tertiary/aromatic N) is 1. The third-order valence-corrected chi connectivity index (χ3v) is 2.53. The van der Waals surface area contributed by atoms with Crippen molar-refractivity contribution in [3.63, 3.8) is 0 Å². The van der Waals surface area contributed by atoms with Gasteiger partial charge in [-0.15, -0.1) is 12.3 Å². The van der Waals surface area contributed by atoms with Gasteiger partial charge in [0.15, 0.2) is 0 Å². The standard InChI is InChI=1S/C12H10BrN3O/c1-2-3-10(15)12(17)16-11-6-9(13)5-4-8(11)7-14/h1,4-6,10H,3,15H2,(H,16,17). The SMILES string of the molecule is C#CCC(N)C(=O)Nc1cc(Br)ccc1C#N. The van der Waals surface area contributed by atoms with Crippen LogP contribution in [0.1, 0.15) is 12.0 Å². The molecule has 1 aromatic rings. The molecule has 0 saturated heterocycles. The summed E-state index contributed by atoms with van der Waals surface area (Å²) in [4.78, 5) is 11.6. The number of carbonyl (C=O) groups is 1. The number of rotatable bonds is 3. The first kappa shape index (κ1) is 13.2. The summed E-state index contributed by atoms with van der Waals surface area (Å²) in [5, 5.41) is 11.5. The van der Waals surface area contributed by atoms with Gasteiger partial charge in [-0.1, -0.05) is 15.9 Å². The number of hydrogen-bond acceptors (Lipinski definition) is 3. The van der Waals surface area contributed by atoms with E-state index in [1.165, 1.54) is 0 Å². The molecule has 86 valence electrons. The van der Waals surface area contributed by atoms with Gasteiger partial charge in [0, 0.05) is 10.9 Å². The molecular weight excluding hydrogens is 282 g/mol. The maximum atomic E-state index is 11.6. The number of nitrogens with two attached hydrogens (primary N) is 1. The fourth-order valence-corrected chi connectivity index (χ4v) is 1.52. The molecule has 1 atom stereocenters. The van der Waals surface area contributed by atoms with Gasteiger partial charge in [0.2, 0.25) is 5.91 Å². The molecule has 1 rings (SSSR count). The van der Waals surface area contributed by atoms with Crippen molar-refractivity contribution in [1.82, 2.24) is 0 Å². The van der Waals surface area contributed by atoms with Gasteiger partial charge in [0.1, 0.15) is 6.07 Å². The molecule has 0 aliphatic carbocycles. The van der Waals surface area contributed by atoms with E-state index in [4.69, 9.17) is 17.4 Å². The quantitative estimate of drug-likeness (QED) is 0.831. The van der Waals surface area contributed by atoms with Gasteiger partial charge < -0.3 is 11.1 Å². The number of nitrogens with one attached hydrogen (secondary N) is 1. The Kier molecular flexibility index (Phi) is 4.71.